The number of nitro groups is 1. The predicted octanol–water partition coefficient (Wildman–Crippen LogP) is 4.21. The van der Waals surface area contributed by atoms with E-state index in [0.717, 1.165) is 54.1 Å². The fourth-order valence-electron chi connectivity index (χ4n) is 3.69. The number of hydrogen-bond acceptors (Lipinski definition) is 6. The van der Waals surface area contributed by atoms with Crippen LogP contribution in [-0.4, -0.2) is 35.5 Å². The van der Waals surface area contributed by atoms with E-state index in [1.165, 1.54) is 12.1 Å². The fourth-order valence-corrected chi connectivity index (χ4v) is 3.69. The van der Waals surface area contributed by atoms with Crippen molar-refractivity contribution in [3.63, 3.8) is 0 Å². The van der Waals surface area contributed by atoms with E-state index in [2.05, 4.69) is 5.32 Å². The van der Waals surface area contributed by atoms with Crippen LogP contribution in [0.4, 0.5) is 11.5 Å². The minimum Gasteiger partial charge on any atom is -0.493 e. The zero-order chi connectivity index (χ0) is 20.4. The van der Waals surface area contributed by atoms with Gasteiger partial charge in [-0.25, -0.2) is 4.68 Å². The Kier molecular flexibility index (Phi) is 5.07. The largest absolute Gasteiger partial charge is 0.493 e. The first-order chi connectivity index (χ1) is 14.1. The summed E-state index contributed by atoms with van der Waals surface area (Å²) in [7, 11) is 3.23. The quantitative estimate of drug-likeness (QED) is 0.515. The van der Waals surface area contributed by atoms with Crippen LogP contribution in [0.1, 0.15) is 18.4 Å². The van der Waals surface area contributed by atoms with Crippen LogP contribution in [0.3, 0.4) is 0 Å². The minimum absolute atomic E-state index is 0.0506. The number of aromatic nitrogens is 2. The maximum absolute atomic E-state index is 11.0. The van der Waals surface area contributed by atoms with E-state index in [1.54, 1.807) is 26.4 Å². The number of benzene rings is 2. The summed E-state index contributed by atoms with van der Waals surface area (Å²) in [5.74, 6) is 2.19. The van der Waals surface area contributed by atoms with Crippen molar-refractivity contribution >= 4 is 11.5 Å². The van der Waals surface area contributed by atoms with E-state index in [-0.39, 0.29) is 5.69 Å². The first-order valence-electron chi connectivity index (χ1n) is 9.46. The molecule has 0 amide bonds. The molecule has 1 aliphatic rings. The SMILES string of the molecule is COc1cccc(-c2nn(-c3ccc([N+](=O)[O-])cc3)c3c2CCCCN3)c1OC. The van der Waals surface area contributed by atoms with E-state index in [4.69, 9.17) is 14.6 Å². The summed E-state index contributed by atoms with van der Waals surface area (Å²) >= 11 is 0. The van der Waals surface area contributed by atoms with Crippen LogP contribution in [-0.2, 0) is 6.42 Å². The van der Waals surface area contributed by atoms with Gasteiger partial charge < -0.3 is 14.8 Å². The summed E-state index contributed by atoms with van der Waals surface area (Å²) < 4.78 is 12.9. The Bertz CT molecular complexity index is 1040. The Morgan fingerprint density at radius 2 is 1.90 bits per heavy atom. The van der Waals surface area contributed by atoms with Crippen molar-refractivity contribution in [2.45, 2.75) is 19.3 Å². The number of non-ortho nitro benzene ring substituents is 1. The van der Waals surface area contributed by atoms with Gasteiger partial charge in [-0.2, -0.15) is 5.10 Å². The molecule has 3 aromatic rings. The van der Waals surface area contributed by atoms with Gasteiger partial charge in [0.05, 0.1) is 24.8 Å². The number of nitro benzene ring substituents is 1. The van der Waals surface area contributed by atoms with Crippen molar-refractivity contribution in [2.24, 2.45) is 0 Å². The molecule has 0 bridgehead atoms. The van der Waals surface area contributed by atoms with E-state index in [9.17, 15) is 10.1 Å². The molecule has 150 valence electrons. The van der Waals surface area contributed by atoms with Crippen LogP contribution in [0.25, 0.3) is 16.9 Å². The van der Waals surface area contributed by atoms with Crippen LogP contribution in [0.15, 0.2) is 42.5 Å². The Hall–Kier alpha value is -3.55. The van der Waals surface area contributed by atoms with Crippen molar-refractivity contribution in [1.29, 1.82) is 0 Å². The highest BCUT2D eigenvalue weighted by atomic mass is 16.6. The normalized spacial score (nSPS) is 13.2. The second kappa shape index (κ2) is 7.83. The van der Waals surface area contributed by atoms with Gasteiger partial charge in [-0.1, -0.05) is 6.07 Å². The molecule has 0 saturated heterocycles. The van der Waals surface area contributed by atoms with Crippen LogP contribution < -0.4 is 14.8 Å². The molecule has 0 unspecified atom stereocenters. The average Bonchev–Trinajstić information content (AvgIpc) is 2.93. The van der Waals surface area contributed by atoms with Crippen LogP contribution in [0.2, 0.25) is 0 Å². The van der Waals surface area contributed by atoms with Crippen molar-refractivity contribution in [3.8, 4) is 28.4 Å². The number of nitrogens with one attached hydrogen (secondary N) is 1. The number of nitrogens with zero attached hydrogens (tertiary/aromatic N) is 3. The molecule has 0 atom stereocenters. The maximum atomic E-state index is 11.0. The van der Waals surface area contributed by atoms with Crippen molar-refractivity contribution in [2.75, 3.05) is 26.1 Å². The summed E-state index contributed by atoms with van der Waals surface area (Å²) in [6.07, 6.45) is 2.99. The van der Waals surface area contributed by atoms with Crippen LogP contribution in [0.5, 0.6) is 11.5 Å². The van der Waals surface area contributed by atoms with Gasteiger partial charge in [-0.15, -0.1) is 0 Å². The van der Waals surface area contributed by atoms with Gasteiger partial charge in [0.1, 0.15) is 11.5 Å². The Labute approximate surface area is 168 Å². The molecule has 1 aliphatic heterocycles. The highest BCUT2D eigenvalue weighted by molar-refractivity contribution is 5.78. The number of ether oxygens (including phenoxy) is 2. The molecule has 1 N–H and O–H groups in total. The number of hydrogen-bond donors (Lipinski definition) is 1. The molecular formula is C21H22N4O4. The predicted molar refractivity (Wildman–Crippen MR) is 110 cm³/mol. The van der Waals surface area contributed by atoms with E-state index < -0.39 is 4.92 Å². The van der Waals surface area contributed by atoms with E-state index >= 15 is 0 Å². The van der Waals surface area contributed by atoms with Gasteiger partial charge in [-0.05, 0) is 43.5 Å². The van der Waals surface area contributed by atoms with E-state index in [1.807, 2.05) is 22.9 Å². The van der Waals surface area contributed by atoms with Gasteiger partial charge in [0.2, 0.25) is 0 Å². The summed E-state index contributed by atoms with van der Waals surface area (Å²) in [5.41, 5.74) is 3.59. The molecule has 29 heavy (non-hydrogen) atoms. The molecule has 2 aromatic carbocycles. The zero-order valence-corrected chi connectivity index (χ0v) is 16.3. The highest BCUT2D eigenvalue weighted by Crippen LogP contribution is 2.42. The van der Waals surface area contributed by atoms with Gasteiger partial charge >= 0.3 is 0 Å². The number of anilines is 1. The molecule has 4 rings (SSSR count). The molecule has 0 fully saturated rings. The zero-order valence-electron chi connectivity index (χ0n) is 16.3. The minimum atomic E-state index is -0.405. The number of rotatable bonds is 5. The Morgan fingerprint density at radius 3 is 2.59 bits per heavy atom. The summed E-state index contributed by atoms with van der Waals surface area (Å²) in [6.45, 7) is 0.848. The van der Waals surface area contributed by atoms with Crippen molar-refractivity contribution in [3.05, 3.63) is 58.1 Å². The fraction of sp³-hybridized carbons (Fsp3) is 0.286. The number of methoxy groups -OCH3 is 2. The Balaban J connectivity index is 1.90. The molecular weight excluding hydrogens is 372 g/mol. The molecule has 1 aromatic heterocycles. The lowest BCUT2D eigenvalue weighted by Crippen LogP contribution is -2.07. The van der Waals surface area contributed by atoms with Crippen LogP contribution in [0, 0.1) is 10.1 Å². The topological polar surface area (TPSA) is 91.5 Å². The second-order valence-corrected chi connectivity index (χ2v) is 6.79. The lowest BCUT2D eigenvalue weighted by atomic mass is 10.0. The molecule has 8 heteroatoms. The highest BCUT2D eigenvalue weighted by Gasteiger charge is 2.25. The molecule has 0 spiro atoms. The first-order valence-corrected chi connectivity index (χ1v) is 9.46. The van der Waals surface area contributed by atoms with Crippen LogP contribution >= 0.6 is 0 Å². The maximum Gasteiger partial charge on any atom is 0.269 e. The standard InChI is InChI=1S/C21H22N4O4/c1-28-18-8-5-7-16(20(18)29-2)19-17-6-3-4-13-22-21(17)24(23-19)14-9-11-15(12-10-14)25(26)27/h5,7-12,22H,3-4,6,13H2,1-2H3. The summed E-state index contributed by atoms with van der Waals surface area (Å²) in [5, 5.41) is 19.4. The van der Waals surface area contributed by atoms with Gasteiger partial charge in [0, 0.05) is 29.8 Å². The number of para-hydroxylation sites is 1. The second-order valence-electron chi connectivity index (χ2n) is 6.79. The average molecular weight is 394 g/mol. The lowest BCUT2D eigenvalue weighted by Gasteiger charge is -2.12. The first kappa shape index (κ1) is 18.8. The molecule has 0 aliphatic carbocycles. The van der Waals surface area contributed by atoms with Gasteiger partial charge in [0.25, 0.3) is 5.69 Å². The van der Waals surface area contributed by atoms with Gasteiger partial charge in [-0.3, -0.25) is 10.1 Å². The number of fused-ring (bicyclic) bond motifs is 1. The third-order valence-corrected chi connectivity index (χ3v) is 5.09. The smallest absolute Gasteiger partial charge is 0.269 e. The monoisotopic (exact) mass is 394 g/mol. The summed E-state index contributed by atoms with van der Waals surface area (Å²) in [6, 6.07) is 12.1. The molecule has 8 nitrogen and oxygen atoms in total. The van der Waals surface area contributed by atoms with Crippen molar-refractivity contribution in [1.82, 2.24) is 9.78 Å². The molecule has 0 radical (unpaired) electrons. The summed E-state index contributed by atoms with van der Waals surface area (Å²) in [4.78, 5) is 10.6. The molecule has 0 saturated carbocycles. The van der Waals surface area contributed by atoms with Crippen molar-refractivity contribution < 1.29 is 14.4 Å². The third kappa shape index (κ3) is 3.37. The third-order valence-electron chi connectivity index (χ3n) is 5.09. The van der Waals surface area contributed by atoms with Gasteiger partial charge in [0.15, 0.2) is 11.5 Å². The van der Waals surface area contributed by atoms with E-state index in [0.29, 0.717) is 11.5 Å². The Morgan fingerprint density at radius 1 is 1.10 bits per heavy atom. The molecule has 2 heterocycles. The lowest BCUT2D eigenvalue weighted by molar-refractivity contribution is -0.384.